The van der Waals surface area contributed by atoms with Crippen molar-refractivity contribution in [1.82, 2.24) is 0 Å². The summed E-state index contributed by atoms with van der Waals surface area (Å²) in [4.78, 5) is 11.5. The first kappa shape index (κ1) is 12.5. The van der Waals surface area contributed by atoms with Crippen LogP contribution in [0.3, 0.4) is 0 Å². The number of hydrogen-bond acceptors (Lipinski definition) is 3. The van der Waals surface area contributed by atoms with Gasteiger partial charge in [0.1, 0.15) is 6.04 Å². The van der Waals surface area contributed by atoms with E-state index in [0.717, 1.165) is 12.3 Å². The second kappa shape index (κ2) is 4.97. The maximum Gasteiger partial charge on any atom is 0.323 e. The summed E-state index contributed by atoms with van der Waals surface area (Å²) in [5.74, 6) is 0.519. The van der Waals surface area contributed by atoms with Gasteiger partial charge in [0.25, 0.3) is 0 Å². The minimum atomic E-state index is -0.515. The van der Waals surface area contributed by atoms with Crippen LogP contribution < -0.4 is 5.73 Å². The van der Waals surface area contributed by atoms with Gasteiger partial charge in [-0.05, 0) is 17.8 Å². The third-order valence-electron chi connectivity index (χ3n) is 3.18. The Labute approximate surface area is 92.4 Å². The van der Waals surface area contributed by atoms with E-state index in [1.54, 1.807) is 0 Å². The van der Waals surface area contributed by atoms with E-state index in [-0.39, 0.29) is 11.4 Å². The van der Waals surface area contributed by atoms with E-state index in [2.05, 4.69) is 0 Å². The maximum atomic E-state index is 11.5. The van der Waals surface area contributed by atoms with Crippen molar-refractivity contribution in [3.63, 3.8) is 0 Å². The van der Waals surface area contributed by atoms with Crippen molar-refractivity contribution >= 4 is 5.97 Å². The average Bonchev–Trinajstić information content (AvgIpc) is 2.06. The van der Waals surface area contributed by atoms with Crippen molar-refractivity contribution in [3.05, 3.63) is 0 Å². The van der Waals surface area contributed by atoms with E-state index in [1.807, 2.05) is 20.8 Å². The first-order chi connectivity index (χ1) is 6.91. The van der Waals surface area contributed by atoms with Crippen LogP contribution in [0.5, 0.6) is 0 Å². The van der Waals surface area contributed by atoms with Crippen LogP contribution in [-0.2, 0) is 9.53 Å². The molecule has 88 valence electrons. The van der Waals surface area contributed by atoms with Crippen molar-refractivity contribution < 1.29 is 9.53 Å². The van der Waals surface area contributed by atoms with Crippen LogP contribution in [0.2, 0.25) is 0 Å². The van der Waals surface area contributed by atoms with Gasteiger partial charge in [-0.3, -0.25) is 4.79 Å². The van der Waals surface area contributed by atoms with Gasteiger partial charge in [-0.2, -0.15) is 0 Å². The molecule has 0 bridgehead atoms. The highest BCUT2D eigenvalue weighted by Gasteiger charge is 2.29. The highest BCUT2D eigenvalue weighted by molar-refractivity contribution is 5.76. The summed E-state index contributed by atoms with van der Waals surface area (Å²) >= 11 is 0. The average molecular weight is 213 g/mol. The molecule has 1 aliphatic carbocycles. The fraction of sp³-hybridized carbons (Fsp3) is 0.917. The monoisotopic (exact) mass is 213 g/mol. The number of carbonyl (C=O) groups is 1. The van der Waals surface area contributed by atoms with Crippen molar-refractivity contribution in [2.75, 3.05) is 6.61 Å². The summed E-state index contributed by atoms with van der Waals surface area (Å²) in [6.07, 6.45) is 4.93. The Morgan fingerprint density at radius 2 is 2.07 bits per heavy atom. The first-order valence-electron chi connectivity index (χ1n) is 5.83. The zero-order chi connectivity index (χ0) is 11.5. The number of esters is 1. The second-order valence-electron chi connectivity index (χ2n) is 5.60. The van der Waals surface area contributed by atoms with Crippen LogP contribution in [-0.4, -0.2) is 18.6 Å². The minimum absolute atomic E-state index is 0.215. The topological polar surface area (TPSA) is 52.3 Å². The quantitative estimate of drug-likeness (QED) is 0.727. The zero-order valence-corrected chi connectivity index (χ0v) is 10.1. The van der Waals surface area contributed by atoms with Gasteiger partial charge < -0.3 is 10.5 Å². The van der Waals surface area contributed by atoms with E-state index in [0.29, 0.717) is 6.61 Å². The molecule has 0 unspecified atom stereocenters. The van der Waals surface area contributed by atoms with Gasteiger partial charge in [-0.25, -0.2) is 0 Å². The predicted octanol–water partition coefficient (Wildman–Crippen LogP) is 2.09. The molecule has 1 fully saturated rings. The highest BCUT2D eigenvalue weighted by Crippen LogP contribution is 2.29. The number of hydrogen-bond donors (Lipinski definition) is 1. The molecule has 2 N–H and O–H groups in total. The van der Waals surface area contributed by atoms with Gasteiger partial charge in [0, 0.05) is 0 Å². The number of carbonyl (C=O) groups excluding carboxylic acids is 1. The first-order valence-corrected chi connectivity index (χ1v) is 5.83. The Morgan fingerprint density at radius 3 is 2.47 bits per heavy atom. The number of nitrogens with two attached hydrogens (primary N) is 1. The zero-order valence-electron chi connectivity index (χ0n) is 10.1. The Hall–Kier alpha value is -0.570. The Morgan fingerprint density at radius 1 is 1.47 bits per heavy atom. The number of rotatable bonds is 4. The summed E-state index contributed by atoms with van der Waals surface area (Å²) in [5.41, 5.74) is 5.57. The molecule has 3 nitrogen and oxygen atoms in total. The minimum Gasteiger partial charge on any atom is -0.465 e. The Kier molecular flexibility index (Phi) is 4.14. The lowest BCUT2D eigenvalue weighted by Gasteiger charge is -2.27. The largest absolute Gasteiger partial charge is 0.465 e. The van der Waals surface area contributed by atoms with E-state index < -0.39 is 6.04 Å². The van der Waals surface area contributed by atoms with Crippen molar-refractivity contribution in [2.45, 2.75) is 52.5 Å². The van der Waals surface area contributed by atoms with Crippen molar-refractivity contribution in [3.8, 4) is 0 Å². The normalized spacial score (nSPS) is 19.5. The van der Waals surface area contributed by atoms with E-state index >= 15 is 0 Å². The predicted molar refractivity (Wildman–Crippen MR) is 60.3 cm³/mol. The fourth-order valence-electron chi connectivity index (χ4n) is 1.55. The SMILES string of the molecule is CC(C)(C)[C@@H](N)C(=O)OCCC1CCC1. The Bertz CT molecular complexity index is 216. The molecule has 0 saturated heterocycles. The lowest BCUT2D eigenvalue weighted by molar-refractivity contribution is -0.148. The van der Waals surface area contributed by atoms with E-state index in [9.17, 15) is 4.79 Å². The molecule has 1 rings (SSSR count). The molecule has 0 aromatic rings. The molecule has 1 saturated carbocycles. The summed E-state index contributed by atoms with van der Waals surface area (Å²) in [7, 11) is 0. The molecule has 0 amide bonds. The molecule has 0 radical (unpaired) electrons. The molecule has 0 spiro atoms. The third kappa shape index (κ3) is 3.82. The molecule has 0 heterocycles. The third-order valence-corrected chi connectivity index (χ3v) is 3.18. The molecule has 15 heavy (non-hydrogen) atoms. The van der Waals surface area contributed by atoms with Crippen LogP contribution in [0.4, 0.5) is 0 Å². The van der Waals surface area contributed by atoms with Crippen LogP contribution >= 0.6 is 0 Å². The summed E-state index contributed by atoms with van der Waals surface area (Å²) in [6.45, 7) is 6.38. The van der Waals surface area contributed by atoms with Gasteiger partial charge in [0.15, 0.2) is 0 Å². The van der Waals surface area contributed by atoms with Crippen LogP contribution in [0.15, 0.2) is 0 Å². The lowest BCUT2D eigenvalue weighted by Crippen LogP contribution is -2.43. The highest BCUT2D eigenvalue weighted by atomic mass is 16.5. The standard InChI is InChI=1S/C12H23NO2/c1-12(2,3)10(13)11(14)15-8-7-9-5-4-6-9/h9-10H,4-8,13H2,1-3H3/t10-/m0/s1. The summed E-state index contributed by atoms with van der Waals surface area (Å²) in [6, 6.07) is -0.515. The molecule has 3 heteroatoms. The maximum absolute atomic E-state index is 11.5. The molecule has 1 aliphatic rings. The van der Waals surface area contributed by atoms with E-state index in [4.69, 9.17) is 10.5 Å². The summed E-state index contributed by atoms with van der Waals surface area (Å²) in [5, 5.41) is 0. The molecular formula is C12H23NO2. The molecule has 1 atom stereocenters. The van der Waals surface area contributed by atoms with Gasteiger partial charge in [0.05, 0.1) is 6.61 Å². The van der Waals surface area contributed by atoms with Crippen LogP contribution in [0.1, 0.15) is 46.5 Å². The van der Waals surface area contributed by atoms with Gasteiger partial charge in [-0.15, -0.1) is 0 Å². The van der Waals surface area contributed by atoms with Gasteiger partial charge in [-0.1, -0.05) is 40.0 Å². The smallest absolute Gasteiger partial charge is 0.323 e. The number of ether oxygens (including phenoxy) is 1. The van der Waals surface area contributed by atoms with Crippen molar-refractivity contribution in [2.24, 2.45) is 17.1 Å². The van der Waals surface area contributed by atoms with Crippen LogP contribution in [0.25, 0.3) is 0 Å². The van der Waals surface area contributed by atoms with E-state index in [1.165, 1.54) is 19.3 Å². The molecular weight excluding hydrogens is 190 g/mol. The van der Waals surface area contributed by atoms with Crippen LogP contribution in [0, 0.1) is 11.3 Å². The van der Waals surface area contributed by atoms with Gasteiger partial charge in [0.2, 0.25) is 0 Å². The molecule has 0 aliphatic heterocycles. The van der Waals surface area contributed by atoms with Crippen molar-refractivity contribution in [1.29, 1.82) is 0 Å². The second-order valence-corrected chi connectivity index (χ2v) is 5.60. The van der Waals surface area contributed by atoms with Gasteiger partial charge >= 0.3 is 5.97 Å². The summed E-state index contributed by atoms with van der Waals surface area (Å²) < 4.78 is 5.17. The fourth-order valence-corrected chi connectivity index (χ4v) is 1.55. The molecule has 0 aromatic carbocycles. The molecule has 0 aromatic heterocycles. The Balaban J connectivity index is 2.17. The lowest BCUT2D eigenvalue weighted by atomic mass is 9.83.